The van der Waals surface area contributed by atoms with Crippen molar-refractivity contribution in [2.45, 2.75) is 0 Å². The van der Waals surface area contributed by atoms with Gasteiger partial charge in [-0.1, -0.05) is 0 Å². The van der Waals surface area contributed by atoms with E-state index in [9.17, 15) is 0 Å². The first kappa shape index (κ1) is 18.9. The van der Waals surface area contributed by atoms with Crippen molar-refractivity contribution in [2.75, 3.05) is 0 Å². The second kappa shape index (κ2) is 9.69. The van der Waals surface area contributed by atoms with Gasteiger partial charge in [-0.15, -0.1) is 0 Å². The summed E-state index contributed by atoms with van der Waals surface area (Å²) < 4.78 is 2.31. The summed E-state index contributed by atoms with van der Waals surface area (Å²) in [5.74, 6) is 0. The van der Waals surface area contributed by atoms with Crippen molar-refractivity contribution >= 4 is 46.6 Å². The zero-order chi connectivity index (χ0) is 19.7. The number of benzene rings is 4. The van der Waals surface area contributed by atoms with Gasteiger partial charge in [0.2, 0.25) is 0 Å². The Morgan fingerprint density at radius 3 is 1.21 bits per heavy atom. The standard InChI is InChI=1S/C24H18N4Se/c1-3-11-19(12-4-1)25-27-21-15-7-9-17-23(21)29-24-18-10-8-16-22(24)28-26-20-13-5-2-6-14-20/h1-18H. The molecule has 4 aromatic rings. The van der Waals surface area contributed by atoms with Crippen LogP contribution in [0, 0.1) is 0 Å². The molecule has 29 heavy (non-hydrogen) atoms. The Balaban J connectivity index is 1.59. The molecule has 0 amide bonds. The number of azo groups is 2. The average molecular weight is 441 g/mol. The molecular weight excluding hydrogens is 423 g/mol. The molecule has 4 nitrogen and oxygen atoms in total. The zero-order valence-corrected chi connectivity index (χ0v) is 17.3. The Hall–Kier alpha value is -3.40. The minimum atomic E-state index is 0.0264. The van der Waals surface area contributed by atoms with Crippen LogP contribution in [-0.2, 0) is 0 Å². The Morgan fingerprint density at radius 1 is 0.379 bits per heavy atom. The molecule has 4 rings (SSSR count). The van der Waals surface area contributed by atoms with Crippen LogP contribution in [0.2, 0.25) is 0 Å². The summed E-state index contributed by atoms with van der Waals surface area (Å²) in [5, 5.41) is 17.7. The molecule has 0 aliphatic heterocycles. The summed E-state index contributed by atoms with van der Waals surface area (Å²) >= 11 is 0.0264. The third-order valence-corrected chi connectivity index (χ3v) is 6.38. The topological polar surface area (TPSA) is 49.4 Å². The van der Waals surface area contributed by atoms with Crippen LogP contribution in [0.1, 0.15) is 0 Å². The van der Waals surface area contributed by atoms with Gasteiger partial charge in [-0.05, 0) is 0 Å². The van der Waals surface area contributed by atoms with E-state index in [4.69, 9.17) is 0 Å². The fraction of sp³-hybridized carbons (Fsp3) is 0. The molecule has 0 spiro atoms. The number of nitrogens with zero attached hydrogens (tertiary/aromatic N) is 4. The predicted octanol–water partition coefficient (Wildman–Crippen LogP) is 6.17. The Morgan fingerprint density at radius 2 is 0.759 bits per heavy atom. The van der Waals surface area contributed by atoms with Crippen molar-refractivity contribution < 1.29 is 0 Å². The second-order valence-electron chi connectivity index (χ2n) is 6.11. The van der Waals surface area contributed by atoms with Crippen LogP contribution < -0.4 is 8.92 Å². The Labute approximate surface area is 176 Å². The molecule has 0 aliphatic carbocycles. The van der Waals surface area contributed by atoms with E-state index < -0.39 is 0 Å². The van der Waals surface area contributed by atoms with Gasteiger partial charge in [0.15, 0.2) is 0 Å². The van der Waals surface area contributed by atoms with E-state index in [1.807, 2.05) is 97.1 Å². The molecule has 0 aromatic heterocycles. The third-order valence-electron chi connectivity index (χ3n) is 4.01. The predicted molar refractivity (Wildman–Crippen MR) is 119 cm³/mol. The van der Waals surface area contributed by atoms with Crippen molar-refractivity contribution in [1.82, 2.24) is 0 Å². The molecule has 0 unspecified atom stereocenters. The van der Waals surface area contributed by atoms with Crippen LogP contribution in [-0.4, -0.2) is 15.0 Å². The fourth-order valence-electron chi connectivity index (χ4n) is 2.58. The van der Waals surface area contributed by atoms with Crippen LogP contribution >= 0.6 is 0 Å². The molecular formula is C24H18N4Se. The summed E-state index contributed by atoms with van der Waals surface area (Å²) in [7, 11) is 0. The molecule has 0 bridgehead atoms. The second-order valence-corrected chi connectivity index (χ2v) is 8.38. The molecule has 0 aliphatic rings. The first-order valence-electron chi connectivity index (χ1n) is 9.18. The molecule has 0 saturated heterocycles. The van der Waals surface area contributed by atoms with E-state index in [1.54, 1.807) is 0 Å². The van der Waals surface area contributed by atoms with Gasteiger partial charge in [-0.2, -0.15) is 0 Å². The summed E-state index contributed by atoms with van der Waals surface area (Å²) in [6, 6.07) is 35.8. The van der Waals surface area contributed by atoms with Gasteiger partial charge in [0.05, 0.1) is 0 Å². The molecule has 5 heteroatoms. The van der Waals surface area contributed by atoms with Crippen LogP contribution in [0.25, 0.3) is 0 Å². The number of hydrogen-bond donors (Lipinski definition) is 0. The Kier molecular flexibility index (Phi) is 6.33. The zero-order valence-electron chi connectivity index (χ0n) is 15.6. The van der Waals surface area contributed by atoms with Gasteiger partial charge in [0.1, 0.15) is 0 Å². The first-order chi connectivity index (χ1) is 14.4. The van der Waals surface area contributed by atoms with Gasteiger partial charge in [-0.3, -0.25) is 0 Å². The summed E-state index contributed by atoms with van der Waals surface area (Å²) in [4.78, 5) is 0. The maximum absolute atomic E-state index is 4.48. The van der Waals surface area contributed by atoms with E-state index in [2.05, 4.69) is 32.6 Å². The summed E-state index contributed by atoms with van der Waals surface area (Å²) in [6.45, 7) is 0. The fourth-order valence-corrected chi connectivity index (χ4v) is 4.59. The van der Waals surface area contributed by atoms with E-state index in [1.165, 1.54) is 0 Å². The van der Waals surface area contributed by atoms with Crippen molar-refractivity contribution in [3.8, 4) is 0 Å². The monoisotopic (exact) mass is 442 g/mol. The molecule has 0 saturated carbocycles. The molecule has 0 atom stereocenters. The van der Waals surface area contributed by atoms with Crippen LogP contribution in [0.15, 0.2) is 130 Å². The molecule has 0 heterocycles. The number of rotatable bonds is 6. The molecule has 4 aromatic carbocycles. The van der Waals surface area contributed by atoms with E-state index in [-0.39, 0.29) is 15.0 Å². The van der Waals surface area contributed by atoms with Crippen LogP contribution in [0.4, 0.5) is 22.7 Å². The molecule has 0 N–H and O–H groups in total. The van der Waals surface area contributed by atoms with Crippen molar-refractivity contribution in [3.05, 3.63) is 109 Å². The summed E-state index contributed by atoms with van der Waals surface area (Å²) in [6.07, 6.45) is 0. The van der Waals surface area contributed by atoms with E-state index >= 15 is 0 Å². The molecule has 0 fully saturated rings. The van der Waals surface area contributed by atoms with Crippen molar-refractivity contribution in [2.24, 2.45) is 20.5 Å². The van der Waals surface area contributed by atoms with Gasteiger partial charge in [-0.25, -0.2) is 0 Å². The van der Waals surface area contributed by atoms with Gasteiger partial charge < -0.3 is 0 Å². The average Bonchev–Trinajstić information content (AvgIpc) is 2.79. The van der Waals surface area contributed by atoms with Crippen LogP contribution in [0.5, 0.6) is 0 Å². The summed E-state index contributed by atoms with van der Waals surface area (Å²) in [5.41, 5.74) is 3.44. The van der Waals surface area contributed by atoms with E-state index in [0.29, 0.717) is 0 Å². The van der Waals surface area contributed by atoms with Gasteiger partial charge in [0, 0.05) is 0 Å². The van der Waals surface area contributed by atoms with Gasteiger partial charge >= 0.3 is 176 Å². The Bertz CT molecular complexity index is 1030. The van der Waals surface area contributed by atoms with E-state index in [0.717, 1.165) is 31.7 Å². The van der Waals surface area contributed by atoms with Crippen LogP contribution in [0.3, 0.4) is 0 Å². The molecule has 140 valence electrons. The SMILES string of the molecule is c1ccc(N=Nc2ccccc2[Se]c2ccccc2N=Nc2ccccc2)cc1. The maximum atomic E-state index is 4.48. The van der Waals surface area contributed by atoms with Gasteiger partial charge in [0.25, 0.3) is 0 Å². The minimum absolute atomic E-state index is 0.0264. The third kappa shape index (κ3) is 5.32. The first-order valence-corrected chi connectivity index (χ1v) is 10.9. The van der Waals surface area contributed by atoms with Crippen molar-refractivity contribution in [3.63, 3.8) is 0 Å². The van der Waals surface area contributed by atoms with Crippen molar-refractivity contribution in [1.29, 1.82) is 0 Å². The normalized spacial score (nSPS) is 11.3. The number of hydrogen-bond acceptors (Lipinski definition) is 4. The molecule has 0 radical (unpaired) electrons. The quantitative estimate of drug-likeness (QED) is 0.254.